The lowest BCUT2D eigenvalue weighted by atomic mass is 9.84. The maximum atomic E-state index is 4.33. The molecule has 1 aliphatic heterocycles. The standard InChI is InChI=1S/C16H28N4/c1-16(2,3)15-12-19(9-10-20-8-4-7-18-20)14(11-17-15)13-5-6-13/h4,7-8,13-15,17H,5-6,9-12H2,1-3H3. The second-order valence-electron chi connectivity index (χ2n) is 7.50. The van der Waals surface area contributed by atoms with Gasteiger partial charge in [0.1, 0.15) is 0 Å². The fraction of sp³-hybridized carbons (Fsp3) is 0.812. The molecule has 0 aromatic carbocycles. The van der Waals surface area contributed by atoms with E-state index >= 15 is 0 Å². The van der Waals surface area contributed by atoms with Crippen molar-refractivity contribution in [2.75, 3.05) is 19.6 Å². The molecule has 1 aromatic heterocycles. The Hall–Kier alpha value is -0.870. The molecule has 1 saturated carbocycles. The maximum absolute atomic E-state index is 4.33. The minimum absolute atomic E-state index is 0.332. The van der Waals surface area contributed by atoms with Gasteiger partial charge >= 0.3 is 0 Å². The zero-order valence-corrected chi connectivity index (χ0v) is 13.0. The van der Waals surface area contributed by atoms with Gasteiger partial charge in [0.2, 0.25) is 0 Å². The summed E-state index contributed by atoms with van der Waals surface area (Å²) in [6, 6.07) is 3.34. The van der Waals surface area contributed by atoms with E-state index in [9.17, 15) is 0 Å². The highest BCUT2D eigenvalue weighted by atomic mass is 15.3. The van der Waals surface area contributed by atoms with Gasteiger partial charge in [0.15, 0.2) is 0 Å². The lowest BCUT2D eigenvalue weighted by Crippen LogP contribution is -2.61. The molecule has 112 valence electrons. The van der Waals surface area contributed by atoms with Gasteiger partial charge < -0.3 is 5.32 Å². The van der Waals surface area contributed by atoms with Crippen LogP contribution in [-0.2, 0) is 6.54 Å². The Labute approximate surface area is 122 Å². The van der Waals surface area contributed by atoms with Crippen LogP contribution in [0.25, 0.3) is 0 Å². The van der Waals surface area contributed by atoms with E-state index in [2.05, 4.69) is 47.0 Å². The Morgan fingerprint density at radius 1 is 1.25 bits per heavy atom. The molecule has 2 unspecified atom stereocenters. The lowest BCUT2D eigenvalue weighted by Gasteiger charge is -2.45. The van der Waals surface area contributed by atoms with E-state index < -0.39 is 0 Å². The van der Waals surface area contributed by atoms with Crippen LogP contribution in [0, 0.1) is 11.3 Å². The number of piperazine rings is 1. The molecule has 3 rings (SSSR count). The van der Waals surface area contributed by atoms with Gasteiger partial charge in [-0.2, -0.15) is 5.10 Å². The first kappa shape index (κ1) is 14.1. The normalized spacial score (nSPS) is 28.8. The first-order valence-corrected chi connectivity index (χ1v) is 7.99. The van der Waals surface area contributed by atoms with E-state index in [1.54, 1.807) is 0 Å². The molecule has 1 saturated heterocycles. The molecule has 2 aliphatic rings. The van der Waals surface area contributed by atoms with Crippen molar-refractivity contribution in [2.45, 2.75) is 52.2 Å². The van der Waals surface area contributed by atoms with Gasteiger partial charge in [-0.1, -0.05) is 20.8 Å². The van der Waals surface area contributed by atoms with Gasteiger partial charge in [-0.05, 0) is 30.2 Å². The van der Waals surface area contributed by atoms with Crippen molar-refractivity contribution < 1.29 is 0 Å². The van der Waals surface area contributed by atoms with Crippen molar-refractivity contribution in [3.63, 3.8) is 0 Å². The van der Waals surface area contributed by atoms with Gasteiger partial charge in [-0.15, -0.1) is 0 Å². The highest BCUT2D eigenvalue weighted by Gasteiger charge is 2.40. The van der Waals surface area contributed by atoms with E-state index in [4.69, 9.17) is 0 Å². The Morgan fingerprint density at radius 3 is 2.65 bits per heavy atom. The van der Waals surface area contributed by atoms with Crippen molar-refractivity contribution >= 4 is 0 Å². The predicted molar refractivity (Wildman–Crippen MR) is 81.6 cm³/mol. The summed E-state index contributed by atoms with van der Waals surface area (Å²) in [5, 5.41) is 8.12. The Kier molecular flexibility index (Phi) is 3.87. The Morgan fingerprint density at radius 2 is 2.05 bits per heavy atom. The molecular formula is C16H28N4. The SMILES string of the molecule is CC(C)(C)C1CN(CCn2cccn2)C(C2CC2)CN1. The third-order valence-electron chi connectivity index (χ3n) is 4.85. The molecule has 20 heavy (non-hydrogen) atoms. The monoisotopic (exact) mass is 276 g/mol. The third kappa shape index (κ3) is 3.23. The first-order valence-electron chi connectivity index (χ1n) is 7.99. The predicted octanol–water partition coefficient (Wildman–Crippen LogP) is 1.98. The Balaban J connectivity index is 1.62. The van der Waals surface area contributed by atoms with Crippen LogP contribution in [0.1, 0.15) is 33.6 Å². The van der Waals surface area contributed by atoms with Crippen LogP contribution in [0.3, 0.4) is 0 Å². The van der Waals surface area contributed by atoms with E-state index in [1.165, 1.54) is 19.4 Å². The lowest BCUT2D eigenvalue weighted by molar-refractivity contribution is 0.0713. The maximum Gasteiger partial charge on any atom is 0.0536 e. The molecule has 0 spiro atoms. The van der Waals surface area contributed by atoms with Crippen molar-refractivity contribution in [1.82, 2.24) is 20.0 Å². The average Bonchev–Trinajstić information content (AvgIpc) is 3.11. The molecule has 1 aromatic rings. The van der Waals surface area contributed by atoms with Crippen molar-refractivity contribution in [3.05, 3.63) is 18.5 Å². The summed E-state index contributed by atoms with van der Waals surface area (Å²) in [6.45, 7) is 11.5. The van der Waals surface area contributed by atoms with E-state index in [0.29, 0.717) is 11.5 Å². The molecule has 0 amide bonds. The summed E-state index contributed by atoms with van der Waals surface area (Å²) in [5.74, 6) is 0.932. The largest absolute Gasteiger partial charge is 0.311 e. The van der Waals surface area contributed by atoms with Gasteiger partial charge in [-0.3, -0.25) is 9.58 Å². The quantitative estimate of drug-likeness (QED) is 0.913. The molecule has 2 fully saturated rings. The molecule has 1 aliphatic carbocycles. The van der Waals surface area contributed by atoms with Crippen LogP contribution in [0.15, 0.2) is 18.5 Å². The number of nitrogens with zero attached hydrogens (tertiary/aromatic N) is 3. The zero-order valence-electron chi connectivity index (χ0n) is 13.0. The highest BCUT2D eigenvalue weighted by molar-refractivity contribution is 4.97. The number of hydrogen-bond donors (Lipinski definition) is 1. The topological polar surface area (TPSA) is 33.1 Å². The van der Waals surface area contributed by atoms with E-state index in [-0.39, 0.29) is 0 Å². The van der Waals surface area contributed by atoms with E-state index in [1.807, 2.05) is 12.3 Å². The van der Waals surface area contributed by atoms with Gasteiger partial charge in [0.25, 0.3) is 0 Å². The minimum Gasteiger partial charge on any atom is -0.311 e. The number of aromatic nitrogens is 2. The smallest absolute Gasteiger partial charge is 0.0536 e. The minimum atomic E-state index is 0.332. The van der Waals surface area contributed by atoms with Gasteiger partial charge in [0.05, 0.1) is 6.54 Å². The molecule has 1 N–H and O–H groups in total. The van der Waals surface area contributed by atoms with Crippen molar-refractivity contribution in [2.24, 2.45) is 11.3 Å². The summed E-state index contributed by atoms with van der Waals surface area (Å²) in [7, 11) is 0. The summed E-state index contributed by atoms with van der Waals surface area (Å²) in [4.78, 5) is 2.71. The second-order valence-corrected chi connectivity index (χ2v) is 7.50. The van der Waals surface area contributed by atoms with Crippen LogP contribution >= 0.6 is 0 Å². The molecule has 0 radical (unpaired) electrons. The summed E-state index contributed by atoms with van der Waals surface area (Å²) in [5.41, 5.74) is 0.332. The van der Waals surface area contributed by atoms with Crippen LogP contribution in [0.5, 0.6) is 0 Å². The molecule has 0 bridgehead atoms. The van der Waals surface area contributed by atoms with Crippen LogP contribution < -0.4 is 5.32 Å². The highest BCUT2D eigenvalue weighted by Crippen LogP contribution is 2.37. The fourth-order valence-electron chi connectivity index (χ4n) is 3.27. The number of nitrogens with one attached hydrogen (secondary N) is 1. The molecule has 2 heterocycles. The third-order valence-corrected chi connectivity index (χ3v) is 4.85. The zero-order chi connectivity index (χ0) is 14.2. The van der Waals surface area contributed by atoms with E-state index in [0.717, 1.165) is 31.6 Å². The first-order chi connectivity index (χ1) is 9.54. The average molecular weight is 276 g/mol. The Bertz CT molecular complexity index is 416. The number of rotatable bonds is 4. The van der Waals surface area contributed by atoms with Crippen molar-refractivity contribution in [1.29, 1.82) is 0 Å². The summed E-state index contributed by atoms with van der Waals surface area (Å²) in [6.07, 6.45) is 6.78. The molecule has 4 heteroatoms. The van der Waals surface area contributed by atoms with Crippen LogP contribution in [0.4, 0.5) is 0 Å². The van der Waals surface area contributed by atoms with Gasteiger partial charge in [-0.25, -0.2) is 0 Å². The molecule has 4 nitrogen and oxygen atoms in total. The fourth-order valence-corrected chi connectivity index (χ4v) is 3.27. The number of hydrogen-bond acceptors (Lipinski definition) is 3. The summed E-state index contributed by atoms with van der Waals surface area (Å²) >= 11 is 0. The second kappa shape index (κ2) is 5.49. The van der Waals surface area contributed by atoms with Crippen LogP contribution in [-0.4, -0.2) is 46.4 Å². The molecular weight excluding hydrogens is 248 g/mol. The summed E-state index contributed by atoms with van der Waals surface area (Å²) < 4.78 is 2.05. The van der Waals surface area contributed by atoms with Crippen LogP contribution in [0.2, 0.25) is 0 Å². The van der Waals surface area contributed by atoms with Gasteiger partial charge in [0, 0.05) is 44.1 Å². The molecule has 2 atom stereocenters. The van der Waals surface area contributed by atoms with Crippen molar-refractivity contribution in [3.8, 4) is 0 Å².